The zero-order valence-electron chi connectivity index (χ0n) is 15.7. The predicted molar refractivity (Wildman–Crippen MR) is 111 cm³/mol. The normalized spacial score (nSPS) is 10.3. The van der Waals surface area contributed by atoms with Crippen molar-refractivity contribution in [3.8, 4) is 11.5 Å². The molecule has 2 N–H and O–H groups in total. The molecule has 2 aromatic carbocycles. The van der Waals surface area contributed by atoms with Crippen molar-refractivity contribution in [1.82, 2.24) is 4.98 Å². The molecule has 3 rings (SSSR count). The Morgan fingerprint density at radius 1 is 0.964 bits per heavy atom. The van der Waals surface area contributed by atoms with Crippen LogP contribution in [-0.4, -0.2) is 25.1 Å². The molecule has 0 spiro atoms. The van der Waals surface area contributed by atoms with E-state index in [1.807, 2.05) is 25.1 Å². The van der Waals surface area contributed by atoms with Crippen molar-refractivity contribution in [2.45, 2.75) is 6.92 Å². The Morgan fingerprint density at radius 3 is 2.36 bits per heavy atom. The van der Waals surface area contributed by atoms with Crippen LogP contribution in [0, 0.1) is 6.92 Å². The maximum absolute atomic E-state index is 12.5. The van der Waals surface area contributed by atoms with Crippen molar-refractivity contribution in [1.29, 1.82) is 0 Å². The van der Waals surface area contributed by atoms with E-state index in [1.54, 1.807) is 44.6 Å². The lowest BCUT2D eigenvalue weighted by molar-refractivity contribution is 0.102. The average Bonchev–Trinajstić information content (AvgIpc) is 2.69. The highest BCUT2D eigenvalue weighted by atomic mass is 35.5. The largest absolute Gasteiger partial charge is 0.495 e. The molecule has 28 heavy (non-hydrogen) atoms. The summed E-state index contributed by atoms with van der Waals surface area (Å²) in [6.45, 7) is 1.95. The number of hydrogen-bond acceptors (Lipinski definition) is 5. The standard InChI is InChI=1S/C21H20ClN3O3/c1-13-4-7-18(27-2)16(10-13)25-21(26)14-5-9-20(23-12-14)24-17-11-15(22)6-8-19(17)28-3/h4-12H,1-3H3,(H,23,24)(H,25,26). The van der Waals surface area contributed by atoms with Gasteiger partial charge in [-0.2, -0.15) is 0 Å². The fraction of sp³-hybridized carbons (Fsp3) is 0.143. The van der Waals surface area contributed by atoms with E-state index in [-0.39, 0.29) is 5.91 Å². The molecule has 1 aromatic heterocycles. The van der Waals surface area contributed by atoms with Gasteiger partial charge in [-0.25, -0.2) is 4.98 Å². The minimum Gasteiger partial charge on any atom is -0.495 e. The molecule has 0 saturated heterocycles. The third kappa shape index (κ3) is 4.53. The molecular weight excluding hydrogens is 378 g/mol. The number of pyridine rings is 1. The molecule has 0 unspecified atom stereocenters. The molecule has 0 saturated carbocycles. The number of carbonyl (C=O) groups excluding carboxylic acids is 1. The first-order valence-corrected chi connectivity index (χ1v) is 8.90. The van der Waals surface area contributed by atoms with Gasteiger partial charge < -0.3 is 20.1 Å². The molecule has 0 aliphatic rings. The van der Waals surface area contributed by atoms with Crippen LogP contribution in [-0.2, 0) is 0 Å². The van der Waals surface area contributed by atoms with Crippen LogP contribution in [0.25, 0.3) is 0 Å². The first-order chi connectivity index (χ1) is 13.5. The number of aryl methyl sites for hydroxylation is 1. The van der Waals surface area contributed by atoms with Gasteiger partial charge in [0.1, 0.15) is 17.3 Å². The smallest absolute Gasteiger partial charge is 0.257 e. The number of methoxy groups -OCH3 is 2. The summed E-state index contributed by atoms with van der Waals surface area (Å²) in [6, 6.07) is 14.2. The van der Waals surface area contributed by atoms with Crippen molar-refractivity contribution in [3.63, 3.8) is 0 Å². The second-order valence-corrected chi connectivity index (χ2v) is 6.50. The number of anilines is 3. The summed E-state index contributed by atoms with van der Waals surface area (Å²) in [4.78, 5) is 16.8. The van der Waals surface area contributed by atoms with Crippen LogP contribution >= 0.6 is 11.6 Å². The summed E-state index contributed by atoms with van der Waals surface area (Å²) in [5, 5.41) is 6.56. The van der Waals surface area contributed by atoms with Crippen molar-refractivity contribution in [3.05, 3.63) is 70.9 Å². The second-order valence-electron chi connectivity index (χ2n) is 6.06. The number of nitrogens with one attached hydrogen (secondary N) is 2. The highest BCUT2D eigenvalue weighted by molar-refractivity contribution is 6.31. The number of rotatable bonds is 6. The Hall–Kier alpha value is -3.25. The first-order valence-electron chi connectivity index (χ1n) is 8.53. The summed E-state index contributed by atoms with van der Waals surface area (Å²) >= 11 is 6.04. The van der Waals surface area contributed by atoms with E-state index in [2.05, 4.69) is 15.6 Å². The Morgan fingerprint density at radius 2 is 1.68 bits per heavy atom. The van der Waals surface area contributed by atoms with Gasteiger partial charge in [-0.3, -0.25) is 4.79 Å². The van der Waals surface area contributed by atoms with Crippen LogP contribution in [0.3, 0.4) is 0 Å². The topological polar surface area (TPSA) is 72.5 Å². The van der Waals surface area contributed by atoms with Gasteiger partial charge in [0.15, 0.2) is 0 Å². The van der Waals surface area contributed by atoms with Gasteiger partial charge in [-0.15, -0.1) is 0 Å². The van der Waals surface area contributed by atoms with Crippen molar-refractivity contribution in [2.24, 2.45) is 0 Å². The highest BCUT2D eigenvalue weighted by Crippen LogP contribution is 2.30. The molecule has 144 valence electrons. The molecule has 6 nitrogen and oxygen atoms in total. The van der Waals surface area contributed by atoms with Gasteiger partial charge in [0.2, 0.25) is 0 Å². The lowest BCUT2D eigenvalue weighted by atomic mass is 10.2. The maximum Gasteiger partial charge on any atom is 0.257 e. The van der Waals surface area contributed by atoms with Crippen molar-refractivity contribution < 1.29 is 14.3 Å². The van der Waals surface area contributed by atoms with E-state index < -0.39 is 0 Å². The lowest BCUT2D eigenvalue weighted by Crippen LogP contribution is -2.13. The molecule has 0 fully saturated rings. The summed E-state index contributed by atoms with van der Waals surface area (Å²) in [5.41, 5.74) is 2.74. The number of nitrogens with zero attached hydrogens (tertiary/aromatic N) is 1. The third-order valence-electron chi connectivity index (χ3n) is 4.05. The van der Waals surface area contributed by atoms with Gasteiger partial charge in [0.05, 0.1) is 31.2 Å². The van der Waals surface area contributed by atoms with Gasteiger partial charge in [-0.1, -0.05) is 17.7 Å². The van der Waals surface area contributed by atoms with Crippen molar-refractivity contribution >= 4 is 34.7 Å². The second kappa shape index (κ2) is 8.63. The molecule has 1 heterocycles. The number of benzene rings is 2. The van der Waals surface area contributed by atoms with Gasteiger partial charge >= 0.3 is 0 Å². The zero-order valence-corrected chi connectivity index (χ0v) is 16.5. The number of carbonyl (C=O) groups is 1. The molecular formula is C21H20ClN3O3. The van der Waals surface area contributed by atoms with E-state index in [4.69, 9.17) is 21.1 Å². The molecule has 1 amide bonds. The monoisotopic (exact) mass is 397 g/mol. The Labute approximate surface area is 168 Å². The van der Waals surface area contributed by atoms with Crippen LogP contribution in [0.15, 0.2) is 54.7 Å². The van der Waals surface area contributed by atoms with E-state index >= 15 is 0 Å². The van der Waals surface area contributed by atoms with Gasteiger partial charge in [0, 0.05) is 11.2 Å². The molecule has 0 radical (unpaired) electrons. The summed E-state index contributed by atoms with van der Waals surface area (Å²) in [6.07, 6.45) is 1.50. The van der Waals surface area contributed by atoms with E-state index in [0.717, 1.165) is 5.56 Å². The van der Waals surface area contributed by atoms with Crippen LogP contribution < -0.4 is 20.1 Å². The van der Waals surface area contributed by atoms with Crippen LogP contribution in [0.1, 0.15) is 15.9 Å². The van der Waals surface area contributed by atoms with E-state index in [0.29, 0.717) is 39.3 Å². The number of amides is 1. The van der Waals surface area contributed by atoms with Gasteiger partial charge in [0.25, 0.3) is 5.91 Å². The highest BCUT2D eigenvalue weighted by Gasteiger charge is 2.11. The lowest BCUT2D eigenvalue weighted by Gasteiger charge is -2.12. The molecule has 0 aliphatic carbocycles. The first kappa shape index (κ1) is 19.5. The van der Waals surface area contributed by atoms with Crippen LogP contribution in [0.2, 0.25) is 5.02 Å². The van der Waals surface area contributed by atoms with E-state index in [9.17, 15) is 4.79 Å². The molecule has 0 bridgehead atoms. The summed E-state index contributed by atoms with van der Waals surface area (Å²) < 4.78 is 10.6. The Kier molecular flexibility index (Phi) is 6.01. The van der Waals surface area contributed by atoms with Crippen LogP contribution in [0.5, 0.6) is 11.5 Å². The SMILES string of the molecule is COc1ccc(C)cc1NC(=O)c1ccc(Nc2cc(Cl)ccc2OC)nc1. The fourth-order valence-corrected chi connectivity index (χ4v) is 2.80. The number of halogens is 1. The molecule has 7 heteroatoms. The average molecular weight is 398 g/mol. The molecule has 0 aliphatic heterocycles. The molecule has 0 atom stereocenters. The third-order valence-corrected chi connectivity index (χ3v) is 4.29. The summed E-state index contributed by atoms with van der Waals surface area (Å²) in [7, 11) is 3.14. The van der Waals surface area contributed by atoms with Gasteiger partial charge in [-0.05, 0) is 55.0 Å². The predicted octanol–water partition coefficient (Wildman–Crippen LogP) is 5.06. The van der Waals surface area contributed by atoms with Crippen LogP contribution in [0.4, 0.5) is 17.2 Å². The Balaban J connectivity index is 1.75. The summed E-state index contributed by atoms with van der Waals surface area (Å²) in [5.74, 6) is 1.52. The number of ether oxygens (including phenoxy) is 2. The minimum atomic E-state index is -0.275. The number of hydrogen-bond donors (Lipinski definition) is 2. The minimum absolute atomic E-state index is 0.275. The van der Waals surface area contributed by atoms with E-state index in [1.165, 1.54) is 6.20 Å². The molecule has 3 aromatic rings. The quantitative estimate of drug-likeness (QED) is 0.608. The maximum atomic E-state index is 12.5. The fourth-order valence-electron chi connectivity index (χ4n) is 2.63. The zero-order chi connectivity index (χ0) is 20.1. The Bertz CT molecular complexity index is 991. The van der Waals surface area contributed by atoms with Crippen molar-refractivity contribution in [2.75, 3.05) is 24.9 Å². The number of aromatic nitrogens is 1.